The van der Waals surface area contributed by atoms with E-state index >= 15 is 0 Å². The molecule has 25 heavy (non-hydrogen) atoms. The smallest absolute Gasteiger partial charge is 0.327 e. The van der Waals surface area contributed by atoms with E-state index in [9.17, 15) is 18.3 Å². The highest BCUT2D eigenvalue weighted by atomic mass is 32.2. The van der Waals surface area contributed by atoms with Gasteiger partial charge in [0.15, 0.2) is 0 Å². The Bertz CT molecular complexity index is 801. The van der Waals surface area contributed by atoms with Gasteiger partial charge in [-0.05, 0) is 31.5 Å². The van der Waals surface area contributed by atoms with Gasteiger partial charge < -0.3 is 9.84 Å². The first-order chi connectivity index (χ1) is 11.8. The largest absolute Gasteiger partial charge is 0.460 e. The predicted octanol–water partition coefficient (Wildman–Crippen LogP) is 1.77. The number of aliphatic hydroxyl groups excluding tert-OH is 1. The molecule has 2 aromatic carbocycles. The van der Waals surface area contributed by atoms with Gasteiger partial charge in [0.25, 0.3) is 0 Å². The summed E-state index contributed by atoms with van der Waals surface area (Å²) in [4.78, 5) is 12.2. The number of esters is 1. The zero-order chi connectivity index (χ0) is 18.4. The summed E-state index contributed by atoms with van der Waals surface area (Å²) < 4.78 is 32.2. The van der Waals surface area contributed by atoms with Crippen molar-refractivity contribution >= 4 is 16.0 Å². The predicted molar refractivity (Wildman–Crippen MR) is 93.2 cm³/mol. The number of carbonyl (C=O) groups is 1. The lowest BCUT2D eigenvalue weighted by atomic mass is 10.2. The van der Waals surface area contributed by atoms with Crippen LogP contribution in [-0.4, -0.2) is 31.6 Å². The Labute approximate surface area is 147 Å². The van der Waals surface area contributed by atoms with Crippen molar-refractivity contribution in [2.24, 2.45) is 0 Å². The van der Waals surface area contributed by atoms with E-state index in [0.29, 0.717) is 0 Å². The monoisotopic (exact) mass is 363 g/mol. The second kappa shape index (κ2) is 8.24. The molecule has 2 N–H and O–H groups in total. The molecule has 134 valence electrons. The van der Waals surface area contributed by atoms with E-state index in [0.717, 1.165) is 11.1 Å². The molecule has 0 heterocycles. The highest BCUT2D eigenvalue weighted by Gasteiger charge is 2.30. The topological polar surface area (TPSA) is 92.7 Å². The summed E-state index contributed by atoms with van der Waals surface area (Å²) in [5.74, 6) is -0.838. The Morgan fingerprint density at radius 3 is 2.28 bits per heavy atom. The minimum atomic E-state index is -3.96. The number of hydrogen-bond acceptors (Lipinski definition) is 5. The fourth-order valence-electron chi connectivity index (χ4n) is 2.11. The highest BCUT2D eigenvalue weighted by molar-refractivity contribution is 7.89. The lowest BCUT2D eigenvalue weighted by Gasteiger charge is -2.20. The van der Waals surface area contributed by atoms with Crippen molar-refractivity contribution in [1.82, 2.24) is 4.72 Å². The van der Waals surface area contributed by atoms with Crippen molar-refractivity contribution in [3.8, 4) is 0 Å². The third-order valence-corrected chi connectivity index (χ3v) is 5.03. The van der Waals surface area contributed by atoms with Crippen LogP contribution in [-0.2, 0) is 26.2 Å². The molecule has 0 fully saturated rings. The van der Waals surface area contributed by atoms with Gasteiger partial charge in [0.05, 0.1) is 11.0 Å². The zero-order valence-corrected chi connectivity index (χ0v) is 14.9. The van der Waals surface area contributed by atoms with Crippen LogP contribution in [0.1, 0.15) is 18.1 Å². The van der Waals surface area contributed by atoms with Gasteiger partial charge in [0, 0.05) is 0 Å². The normalized spacial score (nSPS) is 13.9. The molecule has 7 heteroatoms. The van der Waals surface area contributed by atoms with E-state index in [2.05, 4.69) is 4.72 Å². The SMILES string of the molecule is Cc1ccc(S(=O)(=O)N[C@H](C(=O)OCc2ccccc2)[C@H](C)O)cc1. The van der Waals surface area contributed by atoms with Gasteiger partial charge in [-0.25, -0.2) is 8.42 Å². The van der Waals surface area contributed by atoms with Crippen molar-refractivity contribution < 1.29 is 23.1 Å². The first-order valence-corrected chi connectivity index (χ1v) is 9.25. The van der Waals surface area contributed by atoms with Crippen molar-refractivity contribution in [1.29, 1.82) is 0 Å². The molecule has 0 aliphatic heterocycles. The number of carbonyl (C=O) groups excluding carboxylic acids is 1. The molecule has 0 radical (unpaired) electrons. The van der Waals surface area contributed by atoms with Crippen LogP contribution in [0.3, 0.4) is 0 Å². The fourth-order valence-corrected chi connectivity index (χ4v) is 3.37. The Morgan fingerprint density at radius 1 is 1.12 bits per heavy atom. The van der Waals surface area contributed by atoms with Crippen LogP contribution < -0.4 is 4.72 Å². The molecule has 0 unspecified atom stereocenters. The summed E-state index contributed by atoms with van der Waals surface area (Å²) in [6.45, 7) is 3.16. The molecule has 2 atom stereocenters. The van der Waals surface area contributed by atoms with E-state index in [1.807, 2.05) is 13.0 Å². The second-order valence-electron chi connectivity index (χ2n) is 5.75. The minimum Gasteiger partial charge on any atom is -0.460 e. The molecule has 0 aliphatic carbocycles. The van der Waals surface area contributed by atoms with Gasteiger partial charge >= 0.3 is 5.97 Å². The lowest BCUT2D eigenvalue weighted by molar-refractivity contribution is -0.149. The number of ether oxygens (including phenoxy) is 1. The summed E-state index contributed by atoms with van der Waals surface area (Å²) in [6, 6.07) is 13.8. The van der Waals surface area contributed by atoms with Crippen LogP contribution in [0.4, 0.5) is 0 Å². The first-order valence-electron chi connectivity index (χ1n) is 7.77. The first kappa shape index (κ1) is 19.1. The van der Waals surface area contributed by atoms with Crippen molar-refractivity contribution in [2.75, 3.05) is 0 Å². The standard InChI is InChI=1S/C18H21NO5S/c1-13-8-10-16(11-9-13)25(22,23)19-17(14(2)20)18(21)24-12-15-6-4-3-5-7-15/h3-11,14,17,19-20H,12H2,1-2H3/t14-,17-/m0/s1. The van der Waals surface area contributed by atoms with Crippen LogP contribution in [0.25, 0.3) is 0 Å². The number of sulfonamides is 1. The summed E-state index contributed by atoms with van der Waals surface area (Å²) in [5.41, 5.74) is 1.68. The maximum absolute atomic E-state index is 12.4. The summed E-state index contributed by atoms with van der Waals surface area (Å²) in [5, 5.41) is 9.81. The highest BCUT2D eigenvalue weighted by Crippen LogP contribution is 2.12. The average molecular weight is 363 g/mol. The van der Waals surface area contributed by atoms with Gasteiger partial charge in [-0.1, -0.05) is 48.0 Å². The maximum Gasteiger partial charge on any atom is 0.327 e. The maximum atomic E-state index is 12.4. The van der Waals surface area contributed by atoms with Crippen molar-refractivity contribution in [3.63, 3.8) is 0 Å². The van der Waals surface area contributed by atoms with Gasteiger partial charge in [0.1, 0.15) is 12.6 Å². The van der Waals surface area contributed by atoms with Crippen LogP contribution in [0, 0.1) is 6.92 Å². The number of benzene rings is 2. The Hall–Kier alpha value is -2.22. The number of hydrogen-bond donors (Lipinski definition) is 2. The van der Waals surface area contributed by atoms with Crippen LogP contribution in [0.2, 0.25) is 0 Å². The molecule has 0 saturated heterocycles. The summed E-state index contributed by atoms with van der Waals surface area (Å²) >= 11 is 0. The van der Waals surface area contributed by atoms with Gasteiger partial charge in [-0.3, -0.25) is 4.79 Å². The van der Waals surface area contributed by atoms with Crippen LogP contribution >= 0.6 is 0 Å². The summed E-state index contributed by atoms with van der Waals surface area (Å²) in [7, 11) is -3.96. The number of nitrogens with one attached hydrogen (secondary N) is 1. The lowest BCUT2D eigenvalue weighted by Crippen LogP contribution is -2.48. The van der Waals surface area contributed by atoms with Crippen LogP contribution in [0.5, 0.6) is 0 Å². The third kappa shape index (κ3) is 5.38. The molecular weight excluding hydrogens is 342 g/mol. The zero-order valence-electron chi connectivity index (χ0n) is 14.0. The molecule has 0 bridgehead atoms. The van der Waals surface area contributed by atoms with Crippen LogP contribution in [0.15, 0.2) is 59.5 Å². The van der Waals surface area contributed by atoms with E-state index in [1.54, 1.807) is 36.4 Å². The number of rotatable bonds is 7. The molecule has 2 rings (SSSR count). The van der Waals surface area contributed by atoms with Gasteiger partial charge in [-0.15, -0.1) is 0 Å². The number of aliphatic hydroxyl groups is 1. The van der Waals surface area contributed by atoms with E-state index in [-0.39, 0.29) is 11.5 Å². The third-order valence-electron chi connectivity index (χ3n) is 3.57. The molecule has 0 spiro atoms. The van der Waals surface area contributed by atoms with Gasteiger partial charge in [-0.2, -0.15) is 4.72 Å². The molecular formula is C18H21NO5S. The molecule has 0 amide bonds. The molecule has 0 aliphatic rings. The van der Waals surface area contributed by atoms with E-state index < -0.39 is 28.1 Å². The fraction of sp³-hybridized carbons (Fsp3) is 0.278. The van der Waals surface area contributed by atoms with Gasteiger partial charge in [0.2, 0.25) is 10.0 Å². The van der Waals surface area contributed by atoms with E-state index in [4.69, 9.17) is 4.74 Å². The van der Waals surface area contributed by atoms with Crippen molar-refractivity contribution in [3.05, 3.63) is 65.7 Å². The Kier molecular flexibility index (Phi) is 6.30. The quantitative estimate of drug-likeness (QED) is 0.732. The summed E-state index contributed by atoms with van der Waals surface area (Å²) in [6.07, 6.45) is -1.25. The molecule has 0 saturated carbocycles. The van der Waals surface area contributed by atoms with E-state index in [1.165, 1.54) is 19.1 Å². The Balaban J connectivity index is 2.09. The Morgan fingerprint density at radius 2 is 1.72 bits per heavy atom. The van der Waals surface area contributed by atoms with Crippen molar-refractivity contribution in [2.45, 2.75) is 37.5 Å². The molecule has 2 aromatic rings. The molecule has 0 aromatic heterocycles. The second-order valence-corrected chi connectivity index (χ2v) is 7.46. The number of aryl methyl sites for hydroxylation is 1. The minimum absolute atomic E-state index is 0.00481. The molecule has 6 nitrogen and oxygen atoms in total. The average Bonchev–Trinajstić information content (AvgIpc) is 2.58.